The van der Waals surface area contributed by atoms with Crippen molar-refractivity contribution in [2.24, 2.45) is 5.73 Å². The Morgan fingerprint density at radius 3 is 2.08 bits per heavy atom. The number of hydrogen-bond acceptors (Lipinski definition) is 3. The molecule has 0 saturated carbocycles. The molecule has 0 fully saturated rings. The van der Waals surface area contributed by atoms with Crippen LogP contribution in [0.25, 0.3) is 0 Å². The molecule has 0 aliphatic carbocycles. The third-order valence-electron chi connectivity index (χ3n) is 1.74. The van der Waals surface area contributed by atoms with E-state index in [-0.39, 0.29) is 5.67 Å². The fourth-order valence-corrected chi connectivity index (χ4v) is 2.60. The van der Waals surface area contributed by atoms with Crippen molar-refractivity contribution >= 4 is 9.28 Å². The standard InChI is InChI=1S/C9H22NO2Si/c1-4-7-8-9(10)13(11-5-2)12-6-3/h9H,4-8,10H2,1-3H3. The zero-order chi connectivity index (χ0) is 10.1. The first-order valence-electron chi connectivity index (χ1n) is 5.14. The summed E-state index contributed by atoms with van der Waals surface area (Å²) in [5.41, 5.74) is 6.09. The lowest BCUT2D eigenvalue weighted by molar-refractivity contribution is 0.203. The molecule has 79 valence electrons. The van der Waals surface area contributed by atoms with Crippen molar-refractivity contribution in [2.75, 3.05) is 13.2 Å². The van der Waals surface area contributed by atoms with E-state index in [0.29, 0.717) is 13.2 Å². The Labute approximate surface area is 83.5 Å². The molecule has 0 rings (SSSR count). The van der Waals surface area contributed by atoms with Gasteiger partial charge in [0.2, 0.25) is 0 Å². The molecule has 13 heavy (non-hydrogen) atoms. The van der Waals surface area contributed by atoms with Gasteiger partial charge in [0.1, 0.15) is 0 Å². The maximum atomic E-state index is 5.97. The lowest BCUT2D eigenvalue weighted by Crippen LogP contribution is -2.43. The van der Waals surface area contributed by atoms with Crippen LogP contribution in [0.4, 0.5) is 0 Å². The molecule has 1 unspecified atom stereocenters. The first-order valence-corrected chi connectivity index (χ1v) is 6.53. The van der Waals surface area contributed by atoms with Crippen LogP contribution in [-0.2, 0) is 8.85 Å². The van der Waals surface area contributed by atoms with Crippen molar-refractivity contribution in [3.05, 3.63) is 0 Å². The molecular formula is C9H22NO2Si. The molecule has 0 heterocycles. The van der Waals surface area contributed by atoms with E-state index in [4.69, 9.17) is 14.6 Å². The summed E-state index contributed by atoms with van der Waals surface area (Å²) in [5, 5.41) is 0. The highest BCUT2D eigenvalue weighted by Gasteiger charge is 2.23. The summed E-state index contributed by atoms with van der Waals surface area (Å²) in [7, 11) is -1.22. The highest BCUT2D eigenvalue weighted by atomic mass is 28.3. The summed E-state index contributed by atoms with van der Waals surface area (Å²) >= 11 is 0. The van der Waals surface area contributed by atoms with Crippen LogP contribution in [0.3, 0.4) is 0 Å². The smallest absolute Gasteiger partial charge is 0.393 e. The monoisotopic (exact) mass is 204 g/mol. The maximum absolute atomic E-state index is 5.97. The fraction of sp³-hybridized carbons (Fsp3) is 1.00. The SMILES string of the molecule is CCCCC(N)[Si](OCC)OCC. The average Bonchev–Trinajstić information content (AvgIpc) is 2.14. The highest BCUT2D eigenvalue weighted by Crippen LogP contribution is 2.04. The van der Waals surface area contributed by atoms with Crippen LogP contribution >= 0.6 is 0 Å². The lowest BCUT2D eigenvalue weighted by atomic mass is 10.2. The van der Waals surface area contributed by atoms with E-state index in [1.54, 1.807) is 0 Å². The zero-order valence-electron chi connectivity index (χ0n) is 9.01. The van der Waals surface area contributed by atoms with Gasteiger partial charge in [0, 0.05) is 18.9 Å². The molecule has 0 bridgehead atoms. The van der Waals surface area contributed by atoms with E-state index >= 15 is 0 Å². The molecule has 0 aliphatic rings. The Morgan fingerprint density at radius 2 is 1.69 bits per heavy atom. The van der Waals surface area contributed by atoms with E-state index in [9.17, 15) is 0 Å². The van der Waals surface area contributed by atoms with Crippen LogP contribution in [0.15, 0.2) is 0 Å². The van der Waals surface area contributed by atoms with Crippen molar-refractivity contribution in [1.29, 1.82) is 0 Å². The Balaban J connectivity index is 3.72. The number of unbranched alkanes of at least 4 members (excludes halogenated alkanes) is 1. The molecule has 2 N–H and O–H groups in total. The summed E-state index contributed by atoms with van der Waals surface area (Å²) in [6.07, 6.45) is 3.36. The fourth-order valence-electron chi connectivity index (χ4n) is 1.08. The van der Waals surface area contributed by atoms with Crippen LogP contribution in [0.1, 0.15) is 40.0 Å². The first-order chi connectivity index (χ1) is 6.26. The summed E-state index contributed by atoms with van der Waals surface area (Å²) < 4.78 is 11.0. The van der Waals surface area contributed by atoms with E-state index in [1.807, 2.05) is 13.8 Å². The minimum absolute atomic E-state index is 0.116. The molecular weight excluding hydrogens is 182 g/mol. The van der Waals surface area contributed by atoms with Crippen LogP contribution in [-0.4, -0.2) is 28.2 Å². The minimum Gasteiger partial charge on any atom is -0.393 e. The quantitative estimate of drug-likeness (QED) is 0.611. The van der Waals surface area contributed by atoms with Crippen molar-refractivity contribution in [3.8, 4) is 0 Å². The predicted molar refractivity (Wildman–Crippen MR) is 56.5 cm³/mol. The van der Waals surface area contributed by atoms with E-state index in [2.05, 4.69) is 6.92 Å². The summed E-state index contributed by atoms with van der Waals surface area (Å²) in [5.74, 6) is 0. The molecule has 0 aromatic heterocycles. The summed E-state index contributed by atoms with van der Waals surface area (Å²) in [4.78, 5) is 0. The maximum Gasteiger partial charge on any atom is 0.403 e. The number of rotatable bonds is 8. The summed E-state index contributed by atoms with van der Waals surface area (Å²) in [6.45, 7) is 7.54. The Morgan fingerprint density at radius 1 is 1.15 bits per heavy atom. The zero-order valence-corrected chi connectivity index (χ0v) is 10.0. The second kappa shape index (κ2) is 8.68. The van der Waals surface area contributed by atoms with Crippen LogP contribution < -0.4 is 5.73 Å². The number of nitrogens with two attached hydrogens (primary N) is 1. The van der Waals surface area contributed by atoms with Gasteiger partial charge in [-0.15, -0.1) is 0 Å². The second-order valence-electron chi connectivity index (χ2n) is 2.93. The van der Waals surface area contributed by atoms with Crippen LogP contribution in [0.2, 0.25) is 0 Å². The van der Waals surface area contributed by atoms with Gasteiger partial charge >= 0.3 is 9.28 Å². The average molecular weight is 204 g/mol. The predicted octanol–water partition coefficient (Wildman–Crippen LogP) is 1.60. The molecule has 1 atom stereocenters. The number of hydrogen-bond donors (Lipinski definition) is 1. The van der Waals surface area contributed by atoms with Gasteiger partial charge in [-0.05, 0) is 20.3 Å². The van der Waals surface area contributed by atoms with E-state index in [0.717, 1.165) is 12.8 Å². The minimum atomic E-state index is -1.22. The Hall–Kier alpha value is 0.0969. The lowest BCUT2D eigenvalue weighted by Gasteiger charge is -2.19. The van der Waals surface area contributed by atoms with Crippen molar-refractivity contribution in [1.82, 2.24) is 0 Å². The molecule has 0 aliphatic heterocycles. The Kier molecular flexibility index (Phi) is 8.75. The molecule has 4 heteroatoms. The largest absolute Gasteiger partial charge is 0.403 e. The molecule has 3 nitrogen and oxygen atoms in total. The van der Waals surface area contributed by atoms with E-state index in [1.165, 1.54) is 6.42 Å². The van der Waals surface area contributed by atoms with Gasteiger partial charge in [-0.3, -0.25) is 0 Å². The molecule has 0 saturated heterocycles. The molecule has 0 aromatic rings. The normalized spacial score (nSPS) is 13.6. The molecule has 0 aromatic carbocycles. The Bertz CT molecular complexity index is 108. The van der Waals surface area contributed by atoms with E-state index < -0.39 is 9.28 Å². The van der Waals surface area contributed by atoms with Crippen molar-refractivity contribution in [2.45, 2.75) is 45.7 Å². The topological polar surface area (TPSA) is 44.5 Å². The highest BCUT2D eigenvalue weighted by molar-refractivity contribution is 6.46. The van der Waals surface area contributed by atoms with Gasteiger partial charge in [0.15, 0.2) is 0 Å². The van der Waals surface area contributed by atoms with Gasteiger partial charge in [-0.1, -0.05) is 19.8 Å². The molecule has 1 radical (unpaired) electrons. The van der Waals surface area contributed by atoms with Crippen LogP contribution in [0, 0.1) is 0 Å². The first kappa shape index (κ1) is 13.1. The third-order valence-corrected chi connectivity index (χ3v) is 3.79. The van der Waals surface area contributed by atoms with Gasteiger partial charge in [0.05, 0.1) is 0 Å². The van der Waals surface area contributed by atoms with Crippen molar-refractivity contribution in [3.63, 3.8) is 0 Å². The molecule has 0 spiro atoms. The third kappa shape index (κ3) is 6.21. The van der Waals surface area contributed by atoms with Crippen molar-refractivity contribution < 1.29 is 8.85 Å². The summed E-state index contributed by atoms with van der Waals surface area (Å²) in [6, 6.07) is 0. The van der Waals surface area contributed by atoms with Gasteiger partial charge in [-0.2, -0.15) is 0 Å². The van der Waals surface area contributed by atoms with Gasteiger partial charge in [0.25, 0.3) is 0 Å². The van der Waals surface area contributed by atoms with Gasteiger partial charge in [-0.25, -0.2) is 0 Å². The van der Waals surface area contributed by atoms with Crippen LogP contribution in [0.5, 0.6) is 0 Å². The second-order valence-corrected chi connectivity index (χ2v) is 4.89. The van der Waals surface area contributed by atoms with Gasteiger partial charge < -0.3 is 14.6 Å². The molecule has 0 amide bonds.